The minimum atomic E-state index is -0.223. The van der Waals surface area contributed by atoms with Crippen molar-refractivity contribution in [1.82, 2.24) is 10.3 Å². The van der Waals surface area contributed by atoms with Gasteiger partial charge in [0.05, 0.1) is 6.54 Å². The summed E-state index contributed by atoms with van der Waals surface area (Å²) in [4.78, 5) is 10.7. The van der Waals surface area contributed by atoms with Crippen molar-refractivity contribution in [3.8, 4) is 0 Å². The van der Waals surface area contributed by atoms with E-state index in [1.165, 1.54) is 12.1 Å². The fraction of sp³-hybridized carbons (Fsp3) is 0.143. The highest BCUT2D eigenvalue weighted by Crippen LogP contribution is 2.27. The van der Waals surface area contributed by atoms with E-state index in [2.05, 4.69) is 15.3 Å². The first-order valence-electron chi connectivity index (χ1n) is 8.65. The average molecular weight is 508 g/mol. The van der Waals surface area contributed by atoms with E-state index in [9.17, 15) is 4.39 Å². The number of hydrogen-bond donors (Lipinski definition) is 2. The summed E-state index contributed by atoms with van der Waals surface area (Å²) in [6.45, 7) is 1.21. The number of aromatic nitrogens is 1. The van der Waals surface area contributed by atoms with Gasteiger partial charge in [0.15, 0.2) is 5.96 Å². The fourth-order valence-corrected chi connectivity index (χ4v) is 3.22. The molecule has 0 spiro atoms. The Labute approximate surface area is 185 Å². The van der Waals surface area contributed by atoms with Gasteiger partial charge in [0.25, 0.3) is 0 Å². The summed E-state index contributed by atoms with van der Waals surface area (Å²) in [7, 11) is 0. The second-order valence-electron chi connectivity index (χ2n) is 5.90. The summed E-state index contributed by atoms with van der Waals surface area (Å²) in [5, 5.41) is 3.10. The molecular weight excluding hydrogens is 486 g/mol. The van der Waals surface area contributed by atoms with Gasteiger partial charge in [0.1, 0.15) is 5.82 Å². The van der Waals surface area contributed by atoms with E-state index >= 15 is 0 Å². The molecule has 4 nitrogen and oxygen atoms in total. The SMILES string of the molecule is I.NC(=NCc1ccc(Sc2ccc(F)cc2)cc1)NCCc1ccccn1. The maximum atomic E-state index is 13.0. The average Bonchev–Trinajstić information content (AvgIpc) is 2.70. The van der Waals surface area contributed by atoms with Crippen LogP contribution in [0, 0.1) is 5.82 Å². The summed E-state index contributed by atoms with van der Waals surface area (Å²) < 4.78 is 13.0. The van der Waals surface area contributed by atoms with Gasteiger partial charge < -0.3 is 11.1 Å². The normalized spacial score (nSPS) is 11.0. The first kappa shape index (κ1) is 22.2. The van der Waals surface area contributed by atoms with Gasteiger partial charge in [-0.1, -0.05) is 30.0 Å². The van der Waals surface area contributed by atoms with Gasteiger partial charge >= 0.3 is 0 Å². The molecule has 0 aliphatic carbocycles. The molecule has 7 heteroatoms. The van der Waals surface area contributed by atoms with Crippen LogP contribution in [0.5, 0.6) is 0 Å². The van der Waals surface area contributed by atoms with Gasteiger partial charge in [0.2, 0.25) is 0 Å². The summed E-state index contributed by atoms with van der Waals surface area (Å²) in [5.41, 5.74) is 8.01. The van der Waals surface area contributed by atoms with Gasteiger partial charge in [-0.3, -0.25) is 4.98 Å². The van der Waals surface area contributed by atoms with E-state index in [0.29, 0.717) is 19.0 Å². The Kier molecular flexibility index (Phi) is 9.22. The third kappa shape index (κ3) is 7.47. The molecule has 1 aromatic heterocycles. The number of hydrogen-bond acceptors (Lipinski definition) is 3. The second kappa shape index (κ2) is 11.7. The van der Waals surface area contributed by atoms with Crippen molar-refractivity contribution in [2.24, 2.45) is 10.7 Å². The highest BCUT2D eigenvalue weighted by Gasteiger charge is 2.00. The van der Waals surface area contributed by atoms with Crippen molar-refractivity contribution in [3.05, 3.63) is 90.0 Å². The van der Waals surface area contributed by atoms with Crippen LogP contribution in [0.2, 0.25) is 0 Å². The van der Waals surface area contributed by atoms with Crippen molar-refractivity contribution in [3.63, 3.8) is 0 Å². The first-order valence-corrected chi connectivity index (χ1v) is 9.47. The maximum absolute atomic E-state index is 13.0. The molecule has 3 N–H and O–H groups in total. The van der Waals surface area contributed by atoms with Crippen LogP contribution in [0.15, 0.2) is 87.7 Å². The van der Waals surface area contributed by atoms with Crippen molar-refractivity contribution in [2.45, 2.75) is 22.8 Å². The van der Waals surface area contributed by atoms with Crippen molar-refractivity contribution < 1.29 is 4.39 Å². The Hall–Kier alpha value is -2.13. The lowest BCUT2D eigenvalue weighted by atomic mass is 10.2. The van der Waals surface area contributed by atoms with Crippen LogP contribution in [0.1, 0.15) is 11.3 Å². The minimum Gasteiger partial charge on any atom is -0.370 e. The van der Waals surface area contributed by atoms with Crippen molar-refractivity contribution in [2.75, 3.05) is 6.54 Å². The molecule has 0 amide bonds. The fourth-order valence-electron chi connectivity index (χ4n) is 2.40. The molecule has 1 heterocycles. The number of halogens is 2. The zero-order valence-corrected chi connectivity index (χ0v) is 18.4. The van der Waals surface area contributed by atoms with Crippen LogP contribution in [-0.2, 0) is 13.0 Å². The first-order chi connectivity index (χ1) is 13.2. The summed E-state index contributed by atoms with van der Waals surface area (Å²) in [6.07, 6.45) is 2.58. The Bertz CT molecular complexity index is 871. The molecule has 3 rings (SSSR count). The van der Waals surface area contributed by atoms with Crippen LogP contribution in [-0.4, -0.2) is 17.5 Å². The number of pyridine rings is 1. The molecule has 0 radical (unpaired) electrons. The number of nitrogens with zero attached hydrogens (tertiary/aromatic N) is 2. The van der Waals surface area contributed by atoms with Crippen LogP contribution < -0.4 is 11.1 Å². The molecular formula is C21H22FIN4S. The van der Waals surface area contributed by atoms with Crippen LogP contribution in [0.3, 0.4) is 0 Å². The van der Waals surface area contributed by atoms with E-state index in [-0.39, 0.29) is 29.8 Å². The van der Waals surface area contributed by atoms with Gasteiger partial charge in [-0.15, -0.1) is 24.0 Å². The largest absolute Gasteiger partial charge is 0.370 e. The molecule has 0 bridgehead atoms. The summed E-state index contributed by atoms with van der Waals surface area (Å²) in [5.74, 6) is 0.203. The zero-order chi connectivity index (χ0) is 18.9. The molecule has 0 saturated heterocycles. The molecule has 2 aromatic carbocycles. The predicted octanol–water partition coefficient (Wildman–Crippen LogP) is 4.64. The highest BCUT2D eigenvalue weighted by atomic mass is 127. The quantitative estimate of drug-likeness (QED) is 0.278. The van der Waals surface area contributed by atoms with Gasteiger partial charge in [-0.2, -0.15) is 0 Å². The van der Waals surface area contributed by atoms with Gasteiger partial charge in [-0.05, 0) is 54.1 Å². The number of nitrogens with two attached hydrogens (primary N) is 1. The molecule has 0 fully saturated rings. The number of guanidine groups is 1. The van der Waals surface area contributed by atoms with E-state index in [0.717, 1.165) is 27.5 Å². The Morgan fingerprint density at radius 1 is 1.00 bits per heavy atom. The van der Waals surface area contributed by atoms with E-state index in [4.69, 9.17) is 5.73 Å². The Morgan fingerprint density at radius 3 is 2.32 bits per heavy atom. The lowest BCUT2D eigenvalue weighted by molar-refractivity contribution is 0.626. The third-order valence-corrected chi connectivity index (χ3v) is 4.83. The molecule has 3 aromatic rings. The highest BCUT2D eigenvalue weighted by molar-refractivity contribution is 14.0. The molecule has 146 valence electrons. The van der Waals surface area contributed by atoms with E-state index in [1.807, 2.05) is 42.5 Å². The van der Waals surface area contributed by atoms with Gasteiger partial charge in [0, 0.05) is 34.6 Å². The molecule has 0 atom stereocenters. The summed E-state index contributed by atoms with van der Waals surface area (Å²) in [6, 6.07) is 20.4. The zero-order valence-electron chi connectivity index (χ0n) is 15.2. The Morgan fingerprint density at radius 2 is 1.68 bits per heavy atom. The molecule has 0 saturated carbocycles. The van der Waals surface area contributed by atoms with Crippen LogP contribution >= 0.6 is 35.7 Å². The monoisotopic (exact) mass is 508 g/mol. The molecule has 0 aliphatic heterocycles. The smallest absolute Gasteiger partial charge is 0.188 e. The topological polar surface area (TPSA) is 63.3 Å². The van der Waals surface area contributed by atoms with E-state index < -0.39 is 0 Å². The number of benzene rings is 2. The summed E-state index contributed by atoms with van der Waals surface area (Å²) >= 11 is 1.59. The van der Waals surface area contributed by atoms with E-state index in [1.54, 1.807) is 30.1 Å². The standard InChI is InChI=1S/C21H21FN4S.HI/c22-17-6-10-20(11-7-17)27-19-8-4-16(5-9-19)15-26-21(23)25-14-12-18-3-1-2-13-24-18;/h1-11,13H,12,14-15H2,(H3,23,25,26);1H. The maximum Gasteiger partial charge on any atom is 0.188 e. The predicted molar refractivity (Wildman–Crippen MR) is 124 cm³/mol. The minimum absolute atomic E-state index is 0. The third-order valence-electron chi connectivity index (χ3n) is 3.82. The van der Waals surface area contributed by atoms with Crippen molar-refractivity contribution in [1.29, 1.82) is 0 Å². The lowest BCUT2D eigenvalue weighted by Crippen LogP contribution is -2.33. The van der Waals surface area contributed by atoms with Crippen LogP contribution in [0.4, 0.5) is 4.39 Å². The van der Waals surface area contributed by atoms with Gasteiger partial charge in [-0.25, -0.2) is 9.38 Å². The molecule has 0 unspecified atom stereocenters. The van der Waals surface area contributed by atoms with Crippen molar-refractivity contribution >= 4 is 41.7 Å². The number of aliphatic imine (C=N–C) groups is 1. The Balaban J connectivity index is 0.00000280. The number of nitrogens with one attached hydrogen (secondary N) is 1. The lowest BCUT2D eigenvalue weighted by Gasteiger charge is -2.06. The number of rotatable bonds is 7. The second-order valence-corrected chi connectivity index (χ2v) is 7.05. The van der Waals surface area contributed by atoms with Crippen LogP contribution in [0.25, 0.3) is 0 Å². The molecule has 0 aliphatic rings. The molecule has 28 heavy (non-hydrogen) atoms.